The Morgan fingerprint density at radius 2 is 2.08 bits per heavy atom. The van der Waals surface area contributed by atoms with Gasteiger partial charge in [-0.3, -0.25) is 4.79 Å². The van der Waals surface area contributed by atoms with Crippen LogP contribution in [0.15, 0.2) is 0 Å². The van der Waals surface area contributed by atoms with Gasteiger partial charge in [-0.05, 0) is 44.1 Å². The molecule has 26 heavy (non-hydrogen) atoms. The van der Waals surface area contributed by atoms with Gasteiger partial charge in [0, 0.05) is 39.0 Å². The Labute approximate surface area is 158 Å². The molecule has 1 saturated heterocycles. The molecule has 4 heterocycles. The van der Waals surface area contributed by atoms with Crippen LogP contribution in [-0.4, -0.2) is 50.1 Å². The van der Waals surface area contributed by atoms with Gasteiger partial charge >= 0.3 is 0 Å². The number of hydrogen-bond acceptors (Lipinski definition) is 6. The van der Waals surface area contributed by atoms with Crippen LogP contribution in [0.2, 0.25) is 0 Å². The minimum Gasteiger partial charge on any atom is -0.378 e. The highest BCUT2D eigenvalue weighted by molar-refractivity contribution is 7.10. The monoisotopic (exact) mass is 374 g/mol. The van der Waals surface area contributed by atoms with Gasteiger partial charge in [0.2, 0.25) is 0 Å². The zero-order valence-electron chi connectivity index (χ0n) is 15.5. The molecule has 0 saturated carbocycles. The molecule has 2 aliphatic heterocycles. The van der Waals surface area contributed by atoms with Crippen LogP contribution in [0.5, 0.6) is 0 Å². The Kier molecular flexibility index (Phi) is 4.93. The molecule has 1 unspecified atom stereocenters. The molecule has 1 atom stereocenters. The fraction of sp³-hybridized carbons (Fsp3) is 0.667. The fourth-order valence-electron chi connectivity index (χ4n) is 4.13. The first kappa shape index (κ1) is 17.5. The van der Waals surface area contributed by atoms with Crippen molar-refractivity contribution in [1.82, 2.24) is 24.0 Å². The second-order valence-electron chi connectivity index (χ2n) is 7.25. The van der Waals surface area contributed by atoms with E-state index in [4.69, 9.17) is 0 Å². The lowest BCUT2D eigenvalue weighted by atomic mass is 9.96. The van der Waals surface area contributed by atoms with Crippen LogP contribution < -0.4 is 5.32 Å². The lowest BCUT2D eigenvalue weighted by molar-refractivity contribution is 0.0703. The average Bonchev–Trinajstić information content (AvgIpc) is 3.16. The summed E-state index contributed by atoms with van der Waals surface area (Å²) in [5.74, 6) is 2.56. The third-order valence-electron chi connectivity index (χ3n) is 5.52. The number of carbonyl (C=O) groups excluding carboxylic acids is 1. The maximum atomic E-state index is 13.1. The van der Waals surface area contributed by atoms with Crippen molar-refractivity contribution in [2.24, 2.45) is 0 Å². The van der Waals surface area contributed by atoms with Crippen molar-refractivity contribution in [3.05, 3.63) is 22.9 Å². The van der Waals surface area contributed by atoms with Crippen molar-refractivity contribution in [3.63, 3.8) is 0 Å². The fourth-order valence-corrected chi connectivity index (χ4v) is 4.87. The molecule has 2 aromatic heterocycles. The van der Waals surface area contributed by atoms with E-state index in [1.807, 2.05) is 18.9 Å². The molecular weight excluding hydrogens is 348 g/mol. The molecule has 1 amide bonds. The highest BCUT2D eigenvalue weighted by atomic mass is 32.1. The molecule has 2 aromatic rings. The Morgan fingerprint density at radius 3 is 2.92 bits per heavy atom. The smallest absolute Gasteiger partial charge is 0.258 e. The summed E-state index contributed by atoms with van der Waals surface area (Å²) in [6, 6.07) is 0. The Hall–Kier alpha value is -1.96. The van der Waals surface area contributed by atoms with Crippen molar-refractivity contribution >= 4 is 22.4 Å². The molecule has 8 heteroatoms. The van der Waals surface area contributed by atoms with E-state index < -0.39 is 0 Å². The van der Waals surface area contributed by atoms with E-state index in [-0.39, 0.29) is 11.8 Å². The Morgan fingerprint density at radius 1 is 1.19 bits per heavy atom. The summed E-state index contributed by atoms with van der Waals surface area (Å²) in [6.07, 6.45) is 6.75. The topological polar surface area (TPSA) is 75.9 Å². The number of nitrogens with one attached hydrogen (secondary N) is 1. The average molecular weight is 375 g/mol. The third-order valence-corrected chi connectivity index (χ3v) is 6.47. The lowest BCUT2D eigenvalue weighted by Crippen LogP contribution is -2.40. The van der Waals surface area contributed by atoms with Crippen LogP contribution >= 0.6 is 11.5 Å². The Bertz CT molecular complexity index is 798. The summed E-state index contributed by atoms with van der Waals surface area (Å²) in [5, 5.41) is 12.9. The molecule has 0 bridgehead atoms. The second-order valence-corrected chi connectivity index (χ2v) is 8.02. The summed E-state index contributed by atoms with van der Waals surface area (Å²) in [5.41, 5.74) is 1.53. The van der Waals surface area contributed by atoms with Gasteiger partial charge in [-0.1, -0.05) is 6.42 Å². The number of likely N-dealkylation sites (tertiary alicyclic amines) is 1. The number of hydrogen-bond donors (Lipinski definition) is 1. The van der Waals surface area contributed by atoms with Crippen LogP contribution in [0.4, 0.5) is 5.00 Å². The summed E-state index contributed by atoms with van der Waals surface area (Å²) in [7, 11) is 1.84. The summed E-state index contributed by atoms with van der Waals surface area (Å²) in [4.78, 5) is 15.1. The van der Waals surface area contributed by atoms with Crippen molar-refractivity contribution in [3.8, 4) is 0 Å². The van der Waals surface area contributed by atoms with E-state index in [0.29, 0.717) is 0 Å². The first-order valence-electron chi connectivity index (χ1n) is 9.54. The van der Waals surface area contributed by atoms with Crippen molar-refractivity contribution in [2.75, 3.05) is 25.5 Å². The number of fused-ring (bicyclic) bond motifs is 1. The standard InChI is InChI=1S/C18H26N6OS/c1-12-15(17(19-2)26-22-12)18(25)23-9-6-7-13(11-23)16-21-20-14-8-4-3-5-10-24(14)16/h13,19H,3-11H2,1-2H3. The van der Waals surface area contributed by atoms with E-state index in [9.17, 15) is 4.79 Å². The van der Waals surface area contributed by atoms with Crippen molar-refractivity contribution in [2.45, 2.75) is 57.9 Å². The van der Waals surface area contributed by atoms with Crippen LogP contribution in [0.3, 0.4) is 0 Å². The van der Waals surface area contributed by atoms with Crippen LogP contribution in [0.25, 0.3) is 0 Å². The predicted octanol–water partition coefficient (Wildman–Crippen LogP) is 2.83. The summed E-state index contributed by atoms with van der Waals surface area (Å²) < 4.78 is 6.67. The third kappa shape index (κ3) is 3.11. The number of rotatable bonds is 3. The highest BCUT2D eigenvalue weighted by Gasteiger charge is 2.31. The molecule has 1 fully saturated rings. The molecule has 1 N–H and O–H groups in total. The maximum absolute atomic E-state index is 13.1. The van der Waals surface area contributed by atoms with Gasteiger partial charge in [0.15, 0.2) is 0 Å². The first-order chi connectivity index (χ1) is 12.7. The highest BCUT2D eigenvalue weighted by Crippen LogP contribution is 2.31. The minimum atomic E-state index is 0.0842. The summed E-state index contributed by atoms with van der Waals surface area (Å²) >= 11 is 1.35. The second kappa shape index (κ2) is 7.34. The van der Waals surface area contributed by atoms with E-state index in [1.165, 1.54) is 30.8 Å². The van der Waals surface area contributed by atoms with Gasteiger partial charge in [-0.15, -0.1) is 10.2 Å². The van der Waals surface area contributed by atoms with Gasteiger partial charge in [0.1, 0.15) is 16.6 Å². The molecule has 140 valence electrons. The number of anilines is 1. The Balaban J connectivity index is 1.56. The SMILES string of the molecule is CNc1snc(C)c1C(=O)N1CCCC(c2nnc3n2CCCCC3)C1. The number of aromatic nitrogens is 4. The molecular formula is C18H26N6OS. The predicted molar refractivity (Wildman–Crippen MR) is 102 cm³/mol. The zero-order chi connectivity index (χ0) is 18.1. The molecule has 0 aliphatic carbocycles. The lowest BCUT2D eigenvalue weighted by Gasteiger charge is -2.32. The number of piperidine rings is 1. The number of aryl methyl sites for hydroxylation is 2. The first-order valence-corrected chi connectivity index (χ1v) is 10.3. The van der Waals surface area contributed by atoms with Crippen LogP contribution in [-0.2, 0) is 13.0 Å². The molecule has 0 spiro atoms. The number of carbonyl (C=O) groups is 1. The van der Waals surface area contributed by atoms with Gasteiger partial charge in [-0.2, -0.15) is 4.37 Å². The largest absolute Gasteiger partial charge is 0.378 e. The van der Waals surface area contributed by atoms with E-state index >= 15 is 0 Å². The minimum absolute atomic E-state index is 0.0842. The van der Waals surface area contributed by atoms with Crippen molar-refractivity contribution < 1.29 is 4.79 Å². The van der Waals surface area contributed by atoms with E-state index in [0.717, 1.165) is 66.8 Å². The number of nitrogens with zero attached hydrogens (tertiary/aromatic N) is 5. The molecule has 2 aliphatic rings. The maximum Gasteiger partial charge on any atom is 0.258 e. The molecule has 7 nitrogen and oxygen atoms in total. The van der Waals surface area contributed by atoms with Crippen LogP contribution in [0, 0.1) is 6.92 Å². The van der Waals surface area contributed by atoms with Gasteiger partial charge in [-0.25, -0.2) is 0 Å². The van der Waals surface area contributed by atoms with E-state index in [1.54, 1.807) is 0 Å². The summed E-state index contributed by atoms with van der Waals surface area (Å²) in [6.45, 7) is 4.44. The number of amides is 1. The van der Waals surface area contributed by atoms with Gasteiger partial charge < -0.3 is 14.8 Å². The zero-order valence-corrected chi connectivity index (χ0v) is 16.3. The van der Waals surface area contributed by atoms with Gasteiger partial charge in [0.25, 0.3) is 5.91 Å². The van der Waals surface area contributed by atoms with E-state index in [2.05, 4.69) is 24.5 Å². The van der Waals surface area contributed by atoms with Crippen molar-refractivity contribution in [1.29, 1.82) is 0 Å². The normalized spacial score (nSPS) is 20.5. The molecule has 4 rings (SSSR count). The molecule has 0 aromatic carbocycles. The van der Waals surface area contributed by atoms with Gasteiger partial charge in [0.05, 0.1) is 11.3 Å². The quantitative estimate of drug-likeness (QED) is 0.894. The molecule has 0 radical (unpaired) electrons. The van der Waals surface area contributed by atoms with Crippen LogP contribution in [0.1, 0.15) is 65.7 Å².